The number of nitrogens with two attached hydrogens (primary N) is 1. The Hall–Kier alpha value is -1.36. The van der Waals surface area contributed by atoms with Crippen molar-refractivity contribution in [1.82, 2.24) is 14.8 Å². The van der Waals surface area contributed by atoms with E-state index in [1.165, 1.54) is 23.3 Å². The number of fused-ring (bicyclic) bond motifs is 1. The SMILES string of the molecule is CCc1nc(-c2c(N)sc3c2CCC3)n(C)n1. The van der Waals surface area contributed by atoms with E-state index in [2.05, 4.69) is 17.0 Å². The molecule has 3 rings (SSSR count). The minimum absolute atomic E-state index is 0.861. The van der Waals surface area contributed by atoms with Crippen LogP contribution in [0.4, 0.5) is 5.00 Å². The second-order valence-corrected chi connectivity index (χ2v) is 5.56. The first-order valence-corrected chi connectivity index (χ1v) is 6.82. The van der Waals surface area contributed by atoms with E-state index in [1.54, 1.807) is 11.3 Å². The monoisotopic (exact) mass is 248 g/mol. The molecule has 0 fully saturated rings. The highest BCUT2D eigenvalue weighted by Gasteiger charge is 2.24. The Morgan fingerprint density at radius 2 is 2.24 bits per heavy atom. The van der Waals surface area contributed by atoms with Crippen LogP contribution in [-0.4, -0.2) is 14.8 Å². The highest BCUT2D eigenvalue weighted by molar-refractivity contribution is 7.16. The maximum atomic E-state index is 6.14. The summed E-state index contributed by atoms with van der Waals surface area (Å²) >= 11 is 1.72. The van der Waals surface area contributed by atoms with Crippen molar-refractivity contribution in [3.63, 3.8) is 0 Å². The Kier molecular flexibility index (Phi) is 2.43. The highest BCUT2D eigenvalue weighted by atomic mass is 32.1. The molecule has 0 aromatic carbocycles. The first-order valence-electron chi connectivity index (χ1n) is 6.01. The maximum absolute atomic E-state index is 6.14. The van der Waals surface area contributed by atoms with Crippen LogP contribution in [0.15, 0.2) is 0 Å². The van der Waals surface area contributed by atoms with Gasteiger partial charge in [0, 0.05) is 18.3 Å². The summed E-state index contributed by atoms with van der Waals surface area (Å²) in [7, 11) is 1.94. The third-order valence-corrected chi connectivity index (χ3v) is 4.42. The van der Waals surface area contributed by atoms with Crippen LogP contribution in [0, 0.1) is 0 Å². The van der Waals surface area contributed by atoms with Crippen LogP contribution in [0.25, 0.3) is 11.4 Å². The predicted molar refractivity (Wildman–Crippen MR) is 70.1 cm³/mol. The summed E-state index contributed by atoms with van der Waals surface area (Å²) in [5.74, 6) is 1.82. The van der Waals surface area contributed by atoms with Crippen LogP contribution in [0.5, 0.6) is 0 Å². The Labute approximate surface area is 104 Å². The lowest BCUT2D eigenvalue weighted by atomic mass is 10.1. The molecule has 2 heterocycles. The van der Waals surface area contributed by atoms with E-state index in [9.17, 15) is 0 Å². The third kappa shape index (κ3) is 1.57. The molecule has 0 unspecified atom stereocenters. The van der Waals surface area contributed by atoms with E-state index >= 15 is 0 Å². The van der Waals surface area contributed by atoms with Gasteiger partial charge in [0.05, 0.1) is 10.6 Å². The number of aromatic nitrogens is 3. The molecule has 2 N–H and O–H groups in total. The zero-order valence-corrected chi connectivity index (χ0v) is 11.0. The summed E-state index contributed by atoms with van der Waals surface area (Å²) in [6.07, 6.45) is 4.41. The van der Waals surface area contributed by atoms with E-state index in [4.69, 9.17) is 5.73 Å². The lowest BCUT2D eigenvalue weighted by Crippen LogP contribution is -1.98. The van der Waals surface area contributed by atoms with E-state index in [0.717, 1.165) is 35.1 Å². The molecule has 1 aliphatic carbocycles. The molecule has 17 heavy (non-hydrogen) atoms. The molecule has 2 aromatic rings. The summed E-state index contributed by atoms with van der Waals surface area (Å²) in [5, 5.41) is 5.30. The second kappa shape index (κ2) is 3.84. The summed E-state index contributed by atoms with van der Waals surface area (Å²) in [4.78, 5) is 6.03. The zero-order valence-electron chi connectivity index (χ0n) is 10.2. The van der Waals surface area contributed by atoms with Crippen molar-refractivity contribution in [3.05, 3.63) is 16.3 Å². The number of nitrogens with zero attached hydrogens (tertiary/aromatic N) is 3. The fraction of sp³-hybridized carbons (Fsp3) is 0.500. The molecule has 0 saturated carbocycles. The van der Waals surface area contributed by atoms with Crippen molar-refractivity contribution in [2.75, 3.05) is 5.73 Å². The molecule has 0 saturated heterocycles. The quantitative estimate of drug-likeness (QED) is 0.886. The van der Waals surface area contributed by atoms with Crippen LogP contribution < -0.4 is 5.73 Å². The van der Waals surface area contributed by atoms with Gasteiger partial charge in [0.15, 0.2) is 11.6 Å². The first-order chi connectivity index (χ1) is 8.20. The van der Waals surface area contributed by atoms with Crippen molar-refractivity contribution in [1.29, 1.82) is 0 Å². The minimum Gasteiger partial charge on any atom is -0.390 e. The lowest BCUT2D eigenvalue weighted by molar-refractivity contribution is 0.752. The van der Waals surface area contributed by atoms with Crippen molar-refractivity contribution in [2.45, 2.75) is 32.6 Å². The topological polar surface area (TPSA) is 56.7 Å². The average Bonchev–Trinajstić information content (AvgIpc) is 2.93. The lowest BCUT2D eigenvalue weighted by Gasteiger charge is -2.02. The molecular formula is C12H16N4S. The molecule has 2 aromatic heterocycles. The van der Waals surface area contributed by atoms with E-state index in [1.807, 2.05) is 11.7 Å². The van der Waals surface area contributed by atoms with Crippen LogP contribution in [0.1, 0.15) is 29.6 Å². The van der Waals surface area contributed by atoms with E-state index in [0.29, 0.717) is 0 Å². The molecule has 0 radical (unpaired) electrons. The summed E-state index contributed by atoms with van der Waals surface area (Å²) in [6.45, 7) is 2.07. The van der Waals surface area contributed by atoms with E-state index in [-0.39, 0.29) is 0 Å². The number of rotatable bonds is 2. The van der Waals surface area contributed by atoms with Crippen LogP contribution in [0.3, 0.4) is 0 Å². The minimum atomic E-state index is 0.861. The molecule has 0 aliphatic heterocycles. The van der Waals surface area contributed by atoms with Crippen LogP contribution >= 0.6 is 11.3 Å². The normalized spacial score (nSPS) is 14.2. The molecule has 0 bridgehead atoms. The number of hydrogen-bond donors (Lipinski definition) is 1. The molecule has 4 nitrogen and oxygen atoms in total. The fourth-order valence-electron chi connectivity index (χ4n) is 2.48. The summed E-state index contributed by atoms with van der Waals surface area (Å²) < 4.78 is 1.86. The van der Waals surface area contributed by atoms with Gasteiger partial charge in [0.1, 0.15) is 0 Å². The van der Waals surface area contributed by atoms with Gasteiger partial charge >= 0.3 is 0 Å². The molecule has 0 amide bonds. The number of aryl methyl sites for hydroxylation is 3. The van der Waals surface area contributed by atoms with E-state index < -0.39 is 0 Å². The maximum Gasteiger partial charge on any atom is 0.161 e. The molecule has 1 aliphatic rings. The van der Waals surface area contributed by atoms with Crippen molar-refractivity contribution < 1.29 is 0 Å². The van der Waals surface area contributed by atoms with Crippen molar-refractivity contribution >= 4 is 16.3 Å². The van der Waals surface area contributed by atoms with Gasteiger partial charge in [-0.05, 0) is 24.8 Å². The number of nitrogen functional groups attached to an aromatic ring is 1. The van der Waals surface area contributed by atoms with Gasteiger partial charge in [-0.3, -0.25) is 0 Å². The van der Waals surface area contributed by atoms with Gasteiger partial charge in [-0.2, -0.15) is 5.10 Å². The predicted octanol–water partition coefficient (Wildman–Crippen LogP) is 2.18. The van der Waals surface area contributed by atoms with Gasteiger partial charge in [-0.25, -0.2) is 9.67 Å². The molecule has 0 spiro atoms. The van der Waals surface area contributed by atoms with Gasteiger partial charge < -0.3 is 5.73 Å². The molecule has 0 atom stereocenters. The third-order valence-electron chi connectivity index (χ3n) is 3.30. The van der Waals surface area contributed by atoms with Gasteiger partial charge in [0.2, 0.25) is 0 Å². The van der Waals surface area contributed by atoms with Gasteiger partial charge in [-0.1, -0.05) is 6.92 Å². The fourth-order valence-corrected chi connectivity index (χ4v) is 3.63. The summed E-state index contributed by atoms with van der Waals surface area (Å²) in [6, 6.07) is 0. The summed E-state index contributed by atoms with van der Waals surface area (Å²) in [5.41, 5.74) is 8.69. The smallest absolute Gasteiger partial charge is 0.161 e. The Bertz CT molecular complexity index is 567. The number of thiophene rings is 1. The highest BCUT2D eigenvalue weighted by Crippen LogP contribution is 2.42. The average molecular weight is 248 g/mol. The molecular weight excluding hydrogens is 232 g/mol. The Balaban J connectivity index is 2.17. The Morgan fingerprint density at radius 1 is 1.41 bits per heavy atom. The van der Waals surface area contributed by atoms with Crippen LogP contribution in [0.2, 0.25) is 0 Å². The van der Waals surface area contributed by atoms with Crippen molar-refractivity contribution in [3.8, 4) is 11.4 Å². The van der Waals surface area contributed by atoms with Crippen LogP contribution in [-0.2, 0) is 26.3 Å². The zero-order chi connectivity index (χ0) is 12.0. The Morgan fingerprint density at radius 3 is 2.94 bits per heavy atom. The molecule has 5 heteroatoms. The van der Waals surface area contributed by atoms with Gasteiger partial charge in [-0.15, -0.1) is 11.3 Å². The standard InChI is InChI=1S/C12H16N4S/c1-3-9-14-12(16(2)15-9)10-7-5-4-6-8(7)17-11(10)13/h3-6,13H2,1-2H3. The van der Waals surface area contributed by atoms with Crippen molar-refractivity contribution in [2.24, 2.45) is 7.05 Å². The molecule has 90 valence electrons. The first kappa shape index (κ1) is 10.8. The second-order valence-electron chi connectivity index (χ2n) is 4.43. The number of hydrogen-bond acceptors (Lipinski definition) is 4. The largest absolute Gasteiger partial charge is 0.390 e. The van der Waals surface area contributed by atoms with Gasteiger partial charge in [0.25, 0.3) is 0 Å². The number of anilines is 1.